The molecule has 1 rings (SSSR count). The number of aromatic amines is 1. The van der Waals surface area contributed by atoms with Gasteiger partial charge in [0.15, 0.2) is 5.96 Å². The van der Waals surface area contributed by atoms with E-state index in [0.717, 1.165) is 31.0 Å². The summed E-state index contributed by atoms with van der Waals surface area (Å²) in [5, 5.41) is 13.4. The number of sulfone groups is 1. The number of rotatable bonds is 9. The van der Waals surface area contributed by atoms with Crippen LogP contribution >= 0.6 is 0 Å². The van der Waals surface area contributed by atoms with Gasteiger partial charge in [0.05, 0.1) is 11.9 Å². The quantitative estimate of drug-likeness (QED) is 0.353. The highest BCUT2D eigenvalue weighted by Crippen LogP contribution is 2.05. The fraction of sp³-hybridized carbons (Fsp3) is 0.733. The average Bonchev–Trinajstić information content (AvgIpc) is 2.86. The topological polar surface area (TPSA) is 99.2 Å². The van der Waals surface area contributed by atoms with E-state index in [2.05, 4.69) is 25.8 Å². The SMILES string of the molecule is CCNC(=NCCCc1cn[nH]c1C)NC(C)CCS(C)(=O)=O. The molecule has 3 N–H and O–H groups in total. The predicted octanol–water partition coefficient (Wildman–Crippen LogP) is 1.03. The van der Waals surface area contributed by atoms with Crippen LogP contribution < -0.4 is 10.6 Å². The van der Waals surface area contributed by atoms with Gasteiger partial charge in [-0.15, -0.1) is 0 Å². The molecule has 0 spiro atoms. The molecule has 132 valence electrons. The molecule has 0 aliphatic carbocycles. The molecule has 1 heterocycles. The summed E-state index contributed by atoms with van der Waals surface area (Å²) in [5.74, 6) is 0.915. The van der Waals surface area contributed by atoms with Gasteiger partial charge >= 0.3 is 0 Å². The van der Waals surface area contributed by atoms with E-state index in [4.69, 9.17) is 0 Å². The maximum absolute atomic E-state index is 11.2. The number of hydrogen-bond acceptors (Lipinski definition) is 4. The number of guanidine groups is 1. The number of nitrogens with one attached hydrogen (secondary N) is 3. The molecule has 0 fully saturated rings. The standard InChI is InChI=1S/C15H29N5O2S/c1-5-16-15(19-12(2)8-10-23(4,21)22)17-9-6-7-14-11-18-20-13(14)3/h11-12H,5-10H2,1-4H3,(H,18,20)(H2,16,17,19). The molecule has 0 bridgehead atoms. The summed E-state index contributed by atoms with van der Waals surface area (Å²) < 4.78 is 22.4. The number of aliphatic imine (C=N–C) groups is 1. The molecule has 0 aliphatic heterocycles. The van der Waals surface area contributed by atoms with Crippen molar-refractivity contribution in [2.75, 3.05) is 25.1 Å². The molecule has 0 aromatic carbocycles. The van der Waals surface area contributed by atoms with E-state index in [9.17, 15) is 8.42 Å². The zero-order valence-electron chi connectivity index (χ0n) is 14.5. The molecule has 1 atom stereocenters. The van der Waals surface area contributed by atoms with Gasteiger partial charge in [-0.2, -0.15) is 5.10 Å². The molecule has 0 radical (unpaired) electrons. The van der Waals surface area contributed by atoms with Crippen molar-refractivity contribution in [2.24, 2.45) is 4.99 Å². The van der Waals surface area contributed by atoms with Crippen molar-refractivity contribution in [2.45, 2.75) is 46.1 Å². The van der Waals surface area contributed by atoms with Crippen LogP contribution in [-0.4, -0.2) is 55.7 Å². The predicted molar refractivity (Wildman–Crippen MR) is 94.5 cm³/mol. The Labute approximate surface area is 139 Å². The maximum Gasteiger partial charge on any atom is 0.191 e. The number of aromatic nitrogens is 2. The van der Waals surface area contributed by atoms with E-state index in [1.165, 1.54) is 11.8 Å². The highest BCUT2D eigenvalue weighted by atomic mass is 32.2. The number of aryl methyl sites for hydroxylation is 2. The summed E-state index contributed by atoms with van der Waals surface area (Å²) in [4.78, 5) is 4.54. The summed E-state index contributed by atoms with van der Waals surface area (Å²) in [5.41, 5.74) is 2.33. The number of H-pyrrole nitrogens is 1. The first kappa shape index (κ1) is 19.5. The van der Waals surface area contributed by atoms with Gasteiger partial charge in [-0.1, -0.05) is 0 Å². The lowest BCUT2D eigenvalue weighted by atomic mass is 10.1. The van der Waals surface area contributed by atoms with Crippen LogP contribution in [0, 0.1) is 6.92 Å². The first-order valence-corrected chi connectivity index (χ1v) is 10.1. The second kappa shape index (κ2) is 9.54. The molecular formula is C15H29N5O2S. The Morgan fingerprint density at radius 1 is 1.48 bits per heavy atom. The van der Waals surface area contributed by atoms with Crippen LogP contribution in [0.5, 0.6) is 0 Å². The Morgan fingerprint density at radius 3 is 2.78 bits per heavy atom. The lowest BCUT2D eigenvalue weighted by Gasteiger charge is -2.17. The first-order chi connectivity index (χ1) is 10.8. The largest absolute Gasteiger partial charge is 0.357 e. The zero-order chi connectivity index (χ0) is 17.3. The highest BCUT2D eigenvalue weighted by Gasteiger charge is 2.09. The Balaban J connectivity index is 2.41. The van der Waals surface area contributed by atoms with Crippen molar-refractivity contribution < 1.29 is 8.42 Å². The summed E-state index contributed by atoms with van der Waals surface area (Å²) >= 11 is 0. The van der Waals surface area contributed by atoms with Crippen LogP contribution in [0.1, 0.15) is 37.9 Å². The first-order valence-electron chi connectivity index (χ1n) is 8.03. The molecular weight excluding hydrogens is 314 g/mol. The van der Waals surface area contributed by atoms with Crippen molar-refractivity contribution in [3.63, 3.8) is 0 Å². The Kier molecular flexibility index (Phi) is 8.08. The smallest absolute Gasteiger partial charge is 0.191 e. The van der Waals surface area contributed by atoms with Crippen LogP contribution in [0.3, 0.4) is 0 Å². The van der Waals surface area contributed by atoms with Crippen molar-refractivity contribution in [1.82, 2.24) is 20.8 Å². The van der Waals surface area contributed by atoms with Crippen LogP contribution in [0.2, 0.25) is 0 Å². The average molecular weight is 343 g/mol. The second-order valence-corrected chi connectivity index (χ2v) is 8.11. The monoisotopic (exact) mass is 343 g/mol. The zero-order valence-corrected chi connectivity index (χ0v) is 15.3. The number of nitrogens with zero attached hydrogens (tertiary/aromatic N) is 2. The van der Waals surface area contributed by atoms with E-state index in [0.29, 0.717) is 13.0 Å². The van der Waals surface area contributed by atoms with Crippen molar-refractivity contribution in [3.05, 3.63) is 17.5 Å². The molecule has 1 aromatic rings. The molecule has 1 aromatic heterocycles. The van der Waals surface area contributed by atoms with Gasteiger partial charge in [-0.3, -0.25) is 10.1 Å². The van der Waals surface area contributed by atoms with E-state index in [1.807, 2.05) is 27.0 Å². The molecule has 23 heavy (non-hydrogen) atoms. The maximum atomic E-state index is 11.2. The lowest BCUT2D eigenvalue weighted by Crippen LogP contribution is -2.42. The third kappa shape index (κ3) is 8.59. The molecule has 0 saturated heterocycles. The molecule has 0 saturated carbocycles. The molecule has 7 nitrogen and oxygen atoms in total. The Hall–Kier alpha value is -1.57. The fourth-order valence-corrected chi connectivity index (χ4v) is 2.89. The van der Waals surface area contributed by atoms with Gasteiger partial charge in [0, 0.05) is 31.1 Å². The van der Waals surface area contributed by atoms with Crippen LogP contribution in [-0.2, 0) is 16.3 Å². The minimum Gasteiger partial charge on any atom is -0.357 e. The normalized spacial score (nSPS) is 13.8. The van der Waals surface area contributed by atoms with Crippen molar-refractivity contribution in [3.8, 4) is 0 Å². The van der Waals surface area contributed by atoms with Gasteiger partial charge in [-0.05, 0) is 45.6 Å². The van der Waals surface area contributed by atoms with E-state index < -0.39 is 9.84 Å². The second-order valence-electron chi connectivity index (χ2n) is 5.85. The van der Waals surface area contributed by atoms with Gasteiger partial charge in [-0.25, -0.2) is 8.42 Å². The molecule has 8 heteroatoms. The van der Waals surface area contributed by atoms with Gasteiger partial charge in [0.2, 0.25) is 0 Å². The number of hydrogen-bond donors (Lipinski definition) is 3. The third-order valence-electron chi connectivity index (χ3n) is 3.46. The van der Waals surface area contributed by atoms with Crippen molar-refractivity contribution >= 4 is 15.8 Å². The van der Waals surface area contributed by atoms with E-state index in [-0.39, 0.29) is 11.8 Å². The van der Waals surface area contributed by atoms with Gasteiger partial charge in [0.1, 0.15) is 9.84 Å². The van der Waals surface area contributed by atoms with Crippen LogP contribution in [0.4, 0.5) is 0 Å². The fourth-order valence-electron chi connectivity index (χ4n) is 2.10. The summed E-state index contributed by atoms with van der Waals surface area (Å²) in [7, 11) is -2.93. The van der Waals surface area contributed by atoms with E-state index >= 15 is 0 Å². The van der Waals surface area contributed by atoms with Crippen LogP contribution in [0.15, 0.2) is 11.2 Å². The Morgan fingerprint density at radius 2 is 2.22 bits per heavy atom. The highest BCUT2D eigenvalue weighted by molar-refractivity contribution is 7.90. The molecule has 0 aliphatic rings. The Bertz CT molecular complexity index is 595. The molecule has 0 amide bonds. The minimum absolute atomic E-state index is 0.0543. The van der Waals surface area contributed by atoms with Gasteiger partial charge in [0.25, 0.3) is 0 Å². The van der Waals surface area contributed by atoms with Gasteiger partial charge < -0.3 is 10.6 Å². The van der Waals surface area contributed by atoms with E-state index in [1.54, 1.807) is 0 Å². The summed E-state index contributed by atoms with van der Waals surface area (Å²) in [6.45, 7) is 7.46. The molecule has 1 unspecified atom stereocenters. The third-order valence-corrected chi connectivity index (χ3v) is 4.43. The minimum atomic E-state index is -2.93. The van der Waals surface area contributed by atoms with Crippen LogP contribution in [0.25, 0.3) is 0 Å². The van der Waals surface area contributed by atoms with Crippen molar-refractivity contribution in [1.29, 1.82) is 0 Å². The lowest BCUT2D eigenvalue weighted by molar-refractivity contribution is 0.581. The summed E-state index contributed by atoms with van der Waals surface area (Å²) in [6.07, 6.45) is 5.56. The summed E-state index contributed by atoms with van der Waals surface area (Å²) in [6, 6.07) is 0.0543.